The summed E-state index contributed by atoms with van der Waals surface area (Å²) in [7, 11) is 0. The highest BCUT2D eigenvalue weighted by molar-refractivity contribution is 7.27. The first kappa shape index (κ1) is 36.2. The molecular weight excluding hydrogens is 793 g/mol. The SMILES string of the molecule is c1ccc(-c2nc(-c3ccccc3)nc(-c3ccc(-c4ccc(-c5sc6c(c(-c7ccccc7)nc7ccccc76)c5-c5cccc6c5sc5ccccc56)cc4)cc3)n2)cc1. The van der Waals surface area contributed by atoms with E-state index >= 15 is 0 Å². The van der Waals surface area contributed by atoms with E-state index < -0.39 is 0 Å². The zero-order valence-corrected chi connectivity index (χ0v) is 34.9. The summed E-state index contributed by atoms with van der Waals surface area (Å²) >= 11 is 3.75. The summed E-state index contributed by atoms with van der Waals surface area (Å²) < 4.78 is 3.84. The molecule has 290 valence electrons. The summed E-state index contributed by atoms with van der Waals surface area (Å²) in [6, 6.07) is 72.6. The highest BCUT2D eigenvalue weighted by Gasteiger charge is 2.25. The molecule has 0 amide bonds. The van der Waals surface area contributed by atoms with Gasteiger partial charge in [0.1, 0.15) is 0 Å². The number of aromatic nitrogens is 4. The summed E-state index contributed by atoms with van der Waals surface area (Å²) in [4.78, 5) is 21.4. The summed E-state index contributed by atoms with van der Waals surface area (Å²) in [5.41, 5.74) is 11.9. The van der Waals surface area contributed by atoms with Crippen LogP contribution in [0.1, 0.15) is 0 Å². The largest absolute Gasteiger partial charge is 0.247 e. The van der Waals surface area contributed by atoms with E-state index in [4.69, 9.17) is 19.9 Å². The van der Waals surface area contributed by atoms with Crippen molar-refractivity contribution in [2.45, 2.75) is 0 Å². The summed E-state index contributed by atoms with van der Waals surface area (Å²) in [5.74, 6) is 1.94. The minimum absolute atomic E-state index is 0.641. The highest BCUT2D eigenvalue weighted by atomic mass is 32.1. The van der Waals surface area contributed by atoms with E-state index in [1.807, 2.05) is 83.3 Å². The van der Waals surface area contributed by atoms with Gasteiger partial charge in [-0.1, -0.05) is 194 Å². The maximum Gasteiger partial charge on any atom is 0.164 e. The number of rotatable bonds is 7. The van der Waals surface area contributed by atoms with Crippen molar-refractivity contribution in [3.05, 3.63) is 206 Å². The fourth-order valence-corrected chi connectivity index (χ4v) is 11.1. The fourth-order valence-electron chi connectivity index (χ4n) is 8.56. The van der Waals surface area contributed by atoms with E-state index in [9.17, 15) is 0 Å². The highest BCUT2D eigenvalue weighted by Crippen LogP contribution is 2.53. The predicted molar refractivity (Wildman–Crippen MR) is 261 cm³/mol. The van der Waals surface area contributed by atoms with Gasteiger partial charge in [-0.3, -0.25) is 0 Å². The van der Waals surface area contributed by atoms with Gasteiger partial charge >= 0.3 is 0 Å². The van der Waals surface area contributed by atoms with Crippen LogP contribution in [0, 0.1) is 0 Å². The molecule has 4 nitrogen and oxygen atoms in total. The number of fused-ring (bicyclic) bond motifs is 6. The molecule has 4 heterocycles. The summed E-state index contributed by atoms with van der Waals surface area (Å²) in [6.07, 6.45) is 0. The Morgan fingerprint density at radius 3 is 1.42 bits per heavy atom. The van der Waals surface area contributed by atoms with E-state index in [0.29, 0.717) is 17.5 Å². The molecule has 0 atom stereocenters. The topological polar surface area (TPSA) is 51.6 Å². The van der Waals surface area contributed by atoms with Gasteiger partial charge in [-0.2, -0.15) is 0 Å². The van der Waals surface area contributed by atoms with Crippen LogP contribution in [0.3, 0.4) is 0 Å². The molecule has 4 aromatic heterocycles. The molecule has 0 N–H and O–H groups in total. The van der Waals surface area contributed by atoms with Gasteiger partial charge in [0, 0.05) is 73.9 Å². The molecule has 0 saturated carbocycles. The molecule has 0 bridgehead atoms. The van der Waals surface area contributed by atoms with Crippen LogP contribution in [-0.2, 0) is 0 Å². The molecule has 62 heavy (non-hydrogen) atoms. The minimum atomic E-state index is 0.641. The summed E-state index contributed by atoms with van der Waals surface area (Å²) in [6.45, 7) is 0. The average molecular weight is 827 g/mol. The zero-order valence-electron chi connectivity index (χ0n) is 33.2. The number of para-hydroxylation sites is 1. The Morgan fingerprint density at radius 2 is 0.790 bits per heavy atom. The van der Waals surface area contributed by atoms with Crippen LogP contribution >= 0.6 is 22.7 Å². The molecule has 0 fully saturated rings. The molecule has 0 aliphatic heterocycles. The lowest BCUT2D eigenvalue weighted by atomic mass is 9.93. The molecule has 0 aliphatic rings. The smallest absolute Gasteiger partial charge is 0.164 e. The van der Waals surface area contributed by atoms with Crippen molar-refractivity contribution in [2.75, 3.05) is 0 Å². The normalized spacial score (nSPS) is 11.5. The van der Waals surface area contributed by atoms with Gasteiger partial charge in [-0.05, 0) is 28.8 Å². The van der Waals surface area contributed by atoms with E-state index in [1.54, 1.807) is 0 Å². The van der Waals surface area contributed by atoms with Gasteiger partial charge in [0.2, 0.25) is 0 Å². The van der Waals surface area contributed by atoms with Gasteiger partial charge in [0.25, 0.3) is 0 Å². The third kappa shape index (κ3) is 6.28. The predicted octanol–water partition coefficient (Wildman–Crippen LogP) is 15.7. The van der Waals surface area contributed by atoms with Crippen molar-refractivity contribution in [1.82, 2.24) is 19.9 Å². The Balaban J connectivity index is 0.991. The van der Waals surface area contributed by atoms with Gasteiger partial charge in [-0.25, -0.2) is 19.9 Å². The standard InChI is InChI=1S/C56H34N4S2/c1-4-15-37(16-5-1)50-49-48(45-24-14-23-43-42-21-11-13-26-47(42)61-52(43)45)51(62-53(49)44-22-10-12-25-46(44)57-50)38-31-27-35(28-32-38)36-29-33-41(34-30-36)56-59-54(39-17-6-2-7-18-39)58-55(60-56)40-19-8-3-9-20-40/h1-34H. The van der Waals surface area contributed by atoms with E-state index in [-0.39, 0.29) is 0 Å². The van der Waals surface area contributed by atoms with Crippen LogP contribution in [0.15, 0.2) is 206 Å². The number of hydrogen-bond acceptors (Lipinski definition) is 6. The van der Waals surface area contributed by atoms with Crippen molar-refractivity contribution in [1.29, 1.82) is 0 Å². The Morgan fingerprint density at radius 1 is 0.306 bits per heavy atom. The van der Waals surface area contributed by atoms with Crippen molar-refractivity contribution < 1.29 is 0 Å². The van der Waals surface area contributed by atoms with E-state index in [1.165, 1.54) is 57.2 Å². The monoisotopic (exact) mass is 826 g/mol. The van der Waals surface area contributed by atoms with Crippen molar-refractivity contribution in [3.8, 4) is 78.1 Å². The second-order valence-corrected chi connectivity index (χ2v) is 17.4. The minimum Gasteiger partial charge on any atom is -0.247 e. The second kappa shape index (κ2) is 15.1. The molecule has 0 saturated heterocycles. The fraction of sp³-hybridized carbons (Fsp3) is 0. The Labute approximate surface area is 366 Å². The summed E-state index contributed by atoms with van der Waals surface area (Å²) in [5, 5.41) is 4.95. The average Bonchev–Trinajstić information content (AvgIpc) is 3.95. The quantitative estimate of drug-likeness (QED) is 0.161. The van der Waals surface area contributed by atoms with Crippen LogP contribution < -0.4 is 0 Å². The molecule has 12 rings (SSSR count). The first-order valence-electron chi connectivity index (χ1n) is 20.6. The van der Waals surface area contributed by atoms with Crippen LogP contribution in [-0.4, -0.2) is 19.9 Å². The van der Waals surface area contributed by atoms with Crippen LogP contribution in [0.5, 0.6) is 0 Å². The molecule has 0 spiro atoms. The third-order valence-corrected chi connectivity index (χ3v) is 14.1. The molecule has 6 heteroatoms. The molecule has 0 aliphatic carbocycles. The maximum atomic E-state index is 5.41. The van der Waals surface area contributed by atoms with Crippen LogP contribution in [0.4, 0.5) is 0 Å². The zero-order chi connectivity index (χ0) is 41.0. The molecular formula is C56H34N4S2. The first-order valence-corrected chi connectivity index (χ1v) is 22.3. The van der Waals surface area contributed by atoms with Crippen molar-refractivity contribution in [2.24, 2.45) is 0 Å². The van der Waals surface area contributed by atoms with Gasteiger partial charge in [-0.15, -0.1) is 22.7 Å². The van der Waals surface area contributed by atoms with Crippen LogP contribution in [0.2, 0.25) is 0 Å². The Bertz CT molecular complexity index is 3540. The van der Waals surface area contributed by atoms with Crippen LogP contribution in [0.25, 0.3) is 119 Å². The lowest BCUT2D eigenvalue weighted by Crippen LogP contribution is -2.00. The van der Waals surface area contributed by atoms with Gasteiger partial charge in [0.15, 0.2) is 17.5 Å². The number of hydrogen-bond donors (Lipinski definition) is 0. The lowest BCUT2D eigenvalue weighted by molar-refractivity contribution is 1.07. The number of pyridine rings is 1. The maximum absolute atomic E-state index is 5.41. The Kier molecular flexibility index (Phi) is 8.84. The number of thiophene rings is 2. The molecule has 0 unspecified atom stereocenters. The number of benzene rings is 8. The third-order valence-electron chi connectivity index (χ3n) is 11.6. The van der Waals surface area contributed by atoms with Crippen molar-refractivity contribution in [3.63, 3.8) is 0 Å². The van der Waals surface area contributed by atoms with E-state index in [0.717, 1.165) is 44.6 Å². The molecule has 0 radical (unpaired) electrons. The van der Waals surface area contributed by atoms with Crippen molar-refractivity contribution >= 4 is 63.8 Å². The lowest BCUT2D eigenvalue weighted by Gasteiger charge is -2.12. The Hall–Kier alpha value is -7.64. The van der Waals surface area contributed by atoms with Gasteiger partial charge < -0.3 is 0 Å². The first-order chi connectivity index (χ1) is 30.7. The number of nitrogens with zero attached hydrogens (tertiary/aromatic N) is 4. The second-order valence-electron chi connectivity index (χ2n) is 15.3. The van der Waals surface area contributed by atoms with E-state index in [2.05, 4.69) is 146 Å². The molecule has 8 aromatic carbocycles. The van der Waals surface area contributed by atoms with Gasteiger partial charge in [0.05, 0.1) is 11.2 Å². The molecule has 12 aromatic rings.